The first-order valence-corrected chi connectivity index (χ1v) is 2.55. The summed E-state index contributed by atoms with van der Waals surface area (Å²) in [4.78, 5) is 4.35. The summed E-state index contributed by atoms with van der Waals surface area (Å²) in [5.74, 6) is 0. The molecule has 0 aromatic carbocycles. The summed E-state index contributed by atoms with van der Waals surface area (Å²) < 4.78 is 2.56. The Balaban J connectivity index is 1.97. The molecule has 0 heterocycles. The van der Waals surface area contributed by atoms with Gasteiger partial charge in [-0.15, -0.1) is 0 Å². The summed E-state index contributed by atoms with van der Waals surface area (Å²) in [6.45, 7) is 0. The van der Waals surface area contributed by atoms with E-state index >= 15 is 0 Å². The molecule has 0 saturated heterocycles. The van der Waals surface area contributed by atoms with Gasteiger partial charge in [0.25, 0.3) is 0 Å². The van der Waals surface area contributed by atoms with E-state index in [1.807, 2.05) is 0 Å². The van der Waals surface area contributed by atoms with Gasteiger partial charge in [-0.05, 0) is 0 Å². The monoisotopic (exact) mass is 167 g/mol. The summed E-state index contributed by atoms with van der Waals surface area (Å²) in [5, 5.41) is 0. The molecular weight excluding hydrogens is 161 g/mol. The van der Waals surface area contributed by atoms with Crippen LogP contribution >= 0.6 is 0 Å². The fourth-order valence-corrected chi connectivity index (χ4v) is 0. The standard InChI is InChI=1S/CH4NO.Sn.H/c1-3-2;;/h2H,1H3;;/q-1;+1;. The molecule has 0 aliphatic carbocycles. The average molecular weight is 166 g/mol. The summed E-state index contributed by atoms with van der Waals surface area (Å²) in [7, 11) is 1.60. The van der Waals surface area contributed by atoms with E-state index in [0.29, 0.717) is 0 Å². The van der Waals surface area contributed by atoms with Crippen LogP contribution in [0.5, 0.6) is 0 Å². The topological polar surface area (TPSA) is 21.3 Å². The Labute approximate surface area is 38.9 Å². The summed E-state index contributed by atoms with van der Waals surface area (Å²) >= 11 is 0.968. The van der Waals surface area contributed by atoms with Crippen molar-refractivity contribution in [2.45, 2.75) is 0 Å². The third kappa shape index (κ3) is 2.72. The summed E-state index contributed by atoms with van der Waals surface area (Å²) in [5.41, 5.74) is 0. The second kappa shape index (κ2) is 3.72. The van der Waals surface area contributed by atoms with Crippen LogP contribution < -0.4 is 3.70 Å². The number of nitrogens with one attached hydrogen (secondary N) is 1. The van der Waals surface area contributed by atoms with Gasteiger partial charge >= 0.3 is 38.4 Å². The van der Waals surface area contributed by atoms with E-state index in [9.17, 15) is 0 Å². The zero-order chi connectivity index (χ0) is 3.41. The van der Waals surface area contributed by atoms with E-state index in [4.69, 9.17) is 0 Å². The van der Waals surface area contributed by atoms with Crippen LogP contribution in [-0.2, 0) is 4.84 Å². The van der Waals surface area contributed by atoms with E-state index in [-0.39, 0.29) is 0 Å². The number of hydrogen-bond donors (Lipinski definition) is 1. The predicted molar refractivity (Wildman–Crippen MR) is 17.3 cm³/mol. The predicted octanol–water partition coefficient (Wildman–Crippen LogP) is -1.05. The third-order valence-electron chi connectivity index (χ3n) is 0.118. The van der Waals surface area contributed by atoms with Crippen LogP contribution in [0.15, 0.2) is 0 Å². The molecule has 3 heteroatoms. The molecule has 0 aliphatic rings. The SMILES string of the molecule is CO[NH][SnH]. The zero-order valence-corrected chi connectivity index (χ0v) is 5.78. The molecule has 0 aliphatic heterocycles. The van der Waals surface area contributed by atoms with Gasteiger partial charge in [0.05, 0.1) is 0 Å². The molecule has 0 saturated carbocycles. The van der Waals surface area contributed by atoms with Crippen LogP contribution in [0.4, 0.5) is 0 Å². The molecule has 4 heavy (non-hydrogen) atoms. The quantitative estimate of drug-likeness (QED) is 0.396. The molecule has 2 nitrogen and oxygen atoms in total. The van der Waals surface area contributed by atoms with Crippen molar-refractivity contribution < 1.29 is 4.84 Å². The maximum atomic E-state index is 4.35. The average Bonchev–Trinajstić information content (AvgIpc) is 1.37. The molecule has 0 rings (SSSR count). The Morgan fingerprint density at radius 3 is 2.25 bits per heavy atom. The van der Waals surface area contributed by atoms with Crippen molar-refractivity contribution >= 4 is 22.8 Å². The van der Waals surface area contributed by atoms with Crippen molar-refractivity contribution in [2.24, 2.45) is 0 Å². The maximum absolute atomic E-state index is 4.35. The first-order valence-electron chi connectivity index (χ1n) is 0.901. The molecular formula is CH5NOSn. The number of rotatable bonds is 1. The van der Waals surface area contributed by atoms with Gasteiger partial charge in [0.2, 0.25) is 0 Å². The van der Waals surface area contributed by atoms with Crippen molar-refractivity contribution in [1.82, 2.24) is 3.70 Å². The Kier molecular flexibility index (Phi) is 4.39. The molecule has 0 fully saturated rings. The minimum atomic E-state index is 0.968. The van der Waals surface area contributed by atoms with Crippen molar-refractivity contribution in [3.8, 4) is 0 Å². The molecule has 24 valence electrons. The van der Waals surface area contributed by atoms with Crippen molar-refractivity contribution in [3.05, 3.63) is 0 Å². The fourth-order valence-electron chi connectivity index (χ4n) is 0. The molecule has 0 spiro atoms. The van der Waals surface area contributed by atoms with E-state index in [0.717, 1.165) is 22.8 Å². The van der Waals surface area contributed by atoms with E-state index < -0.39 is 0 Å². The molecule has 0 unspecified atom stereocenters. The molecule has 0 atom stereocenters. The van der Waals surface area contributed by atoms with Crippen LogP contribution in [0.3, 0.4) is 0 Å². The van der Waals surface area contributed by atoms with Gasteiger partial charge in [-0.2, -0.15) is 0 Å². The van der Waals surface area contributed by atoms with Gasteiger partial charge < -0.3 is 0 Å². The van der Waals surface area contributed by atoms with Gasteiger partial charge in [0.15, 0.2) is 0 Å². The zero-order valence-electron chi connectivity index (χ0n) is 2.49. The molecule has 0 bridgehead atoms. The normalized spacial score (nSPS) is 7.50. The first-order chi connectivity index (χ1) is 1.91. The van der Waals surface area contributed by atoms with Crippen LogP contribution in [0.25, 0.3) is 0 Å². The van der Waals surface area contributed by atoms with Crippen LogP contribution in [0.1, 0.15) is 0 Å². The fraction of sp³-hybridized carbons (Fsp3) is 1.00. The minimum absolute atomic E-state index is 0.968. The molecule has 0 amide bonds. The van der Waals surface area contributed by atoms with E-state index in [2.05, 4.69) is 8.54 Å². The van der Waals surface area contributed by atoms with Crippen LogP contribution in [0, 0.1) is 0 Å². The molecule has 1 N–H and O–H groups in total. The van der Waals surface area contributed by atoms with E-state index in [1.54, 1.807) is 7.11 Å². The van der Waals surface area contributed by atoms with Crippen molar-refractivity contribution in [1.29, 1.82) is 0 Å². The van der Waals surface area contributed by atoms with Crippen LogP contribution in [-0.4, -0.2) is 29.9 Å². The second-order valence-corrected chi connectivity index (χ2v) is 0.995. The second-order valence-electron chi connectivity index (χ2n) is 0.322. The number of hydrogen-bond acceptors (Lipinski definition) is 2. The van der Waals surface area contributed by atoms with Gasteiger partial charge in [-0.25, -0.2) is 0 Å². The van der Waals surface area contributed by atoms with Gasteiger partial charge in [0.1, 0.15) is 0 Å². The van der Waals surface area contributed by atoms with Crippen LogP contribution in [0.2, 0.25) is 0 Å². The van der Waals surface area contributed by atoms with Gasteiger partial charge in [-0.1, -0.05) is 0 Å². The first kappa shape index (κ1) is 4.72. The molecule has 0 aromatic rings. The Bertz CT molecular complexity index is 10.0. The Morgan fingerprint density at radius 1 is 2.00 bits per heavy atom. The van der Waals surface area contributed by atoms with Gasteiger partial charge in [-0.3, -0.25) is 0 Å². The summed E-state index contributed by atoms with van der Waals surface area (Å²) in [6, 6.07) is 0. The van der Waals surface area contributed by atoms with Crippen molar-refractivity contribution in [2.75, 3.05) is 7.11 Å². The van der Waals surface area contributed by atoms with E-state index in [1.165, 1.54) is 0 Å². The Hall–Kier alpha value is 0.719. The van der Waals surface area contributed by atoms with Crippen molar-refractivity contribution in [3.63, 3.8) is 0 Å². The third-order valence-corrected chi connectivity index (χ3v) is 0.791. The Morgan fingerprint density at radius 2 is 2.25 bits per heavy atom. The molecule has 2 radical (unpaired) electrons. The van der Waals surface area contributed by atoms with Gasteiger partial charge in [0, 0.05) is 0 Å². The summed E-state index contributed by atoms with van der Waals surface area (Å²) in [6.07, 6.45) is 0. The molecule has 0 aromatic heterocycles.